The number of fused-ring (bicyclic) bond motifs is 1. The van der Waals surface area contributed by atoms with Crippen LogP contribution in [0.4, 0.5) is 0 Å². The van der Waals surface area contributed by atoms with Gasteiger partial charge in [0.25, 0.3) is 11.8 Å². The molecule has 10 heteroatoms. The predicted octanol–water partition coefficient (Wildman–Crippen LogP) is 6.10. The zero-order chi connectivity index (χ0) is 30.8. The van der Waals surface area contributed by atoms with Crippen molar-refractivity contribution in [3.8, 4) is 11.1 Å². The number of imide groups is 1. The van der Waals surface area contributed by atoms with Crippen LogP contribution in [-0.2, 0) is 22.6 Å². The topological polar surface area (TPSA) is 118 Å². The van der Waals surface area contributed by atoms with Crippen LogP contribution in [0.3, 0.4) is 0 Å². The summed E-state index contributed by atoms with van der Waals surface area (Å²) in [7, 11) is 0. The fraction of sp³-hybridized carbons (Fsp3) is 0.200. The van der Waals surface area contributed by atoms with Crippen molar-refractivity contribution >= 4 is 23.6 Å². The number of thioether (sulfide) groups is 1. The Labute approximate surface area is 264 Å². The molecule has 45 heavy (non-hydrogen) atoms. The normalized spacial score (nSPS) is 19.6. The van der Waals surface area contributed by atoms with E-state index in [1.165, 1.54) is 11.2 Å². The highest BCUT2D eigenvalue weighted by Gasteiger charge is 2.35. The van der Waals surface area contributed by atoms with Gasteiger partial charge in [0.05, 0.1) is 36.5 Å². The lowest BCUT2D eigenvalue weighted by Crippen LogP contribution is -2.31. The molecule has 0 aliphatic carbocycles. The molecule has 226 valence electrons. The van der Waals surface area contributed by atoms with Crippen molar-refractivity contribution < 1.29 is 24.2 Å². The van der Waals surface area contributed by atoms with Gasteiger partial charge < -0.3 is 14.6 Å². The number of rotatable bonds is 9. The van der Waals surface area contributed by atoms with Gasteiger partial charge in [-0.15, -0.1) is 0 Å². The molecule has 0 bridgehead atoms. The number of nitrogens with one attached hydrogen (secondary N) is 1. The number of aromatic amines is 1. The fourth-order valence-electron chi connectivity index (χ4n) is 5.71. The molecular weight excluding hydrogens is 588 g/mol. The van der Waals surface area contributed by atoms with E-state index in [1.54, 1.807) is 36.0 Å². The second kappa shape index (κ2) is 12.8. The number of hydrogen-bond acceptors (Lipinski definition) is 8. The molecule has 1 saturated heterocycles. The zero-order valence-corrected chi connectivity index (χ0v) is 25.0. The lowest BCUT2D eigenvalue weighted by atomic mass is 9.99. The Balaban J connectivity index is 1.08. The Kier molecular flexibility index (Phi) is 8.27. The van der Waals surface area contributed by atoms with Gasteiger partial charge in [-0.1, -0.05) is 90.6 Å². The molecule has 2 N–H and O–H groups in total. The molecule has 0 unspecified atom stereocenters. The highest BCUT2D eigenvalue weighted by Crippen LogP contribution is 2.39. The van der Waals surface area contributed by atoms with Gasteiger partial charge in [-0.2, -0.15) is 5.10 Å². The summed E-state index contributed by atoms with van der Waals surface area (Å²) in [5.74, 6) is 0.147. The Morgan fingerprint density at radius 1 is 0.822 bits per heavy atom. The highest BCUT2D eigenvalue weighted by atomic mass is 32.2. The van der Waals surface area contributed by atoms with Crippen LogP contribution < -0.4 is 0 Å². The summed E-state index contributed by atoms with van der Waals surface area (Å²) in [6.45, 7) is 0.197. The second-order valence-electron chi connectivity index (χ2n) is 11.0. The molecule has 4 aromatic carbocycles. The van der Waals surface area contributed by atoms with Crippen LogP contribution >= 0.6 is 11.8 Å². The summed E-state index contributed by atoms with van der Waals surface area (Å²) in [5, 5.41) is 17.0. The molecule has 1 fully saturated rings. The van der Waals surface area contributed by atoms with Crippen LogP contribution in [0.2, 0.25) is 0 Å². The summed E-state index contributed by atoms with van der Waals surface area (Å²) in [6.07, 6.45) is 1.31. The van der Waals surface area contributed by atoms with E-state index < -0.39 is 6.29 Å². The van der Waals surface area contributed by atoms with Gasteiger partial charge in [-0.05, 0) is 46.0 Å². The molecule has 0 radical (unpaired) electrons. The first-order valence-electron chi connectivity index (χ1n) is 14.7. The number of aliphatic hydroxyl groups excluding tert-OH is 1. The SMILES string of the molecule is O=C1c2ccccc2C(=O)N1Cc1cccc(-c2ccc([C@@H]3O[C@H](CSc4ncn[nH]4)C[C@H](c4ccc(CO)cc4)O3)cc2)c1. The van der Waals surface area contributed by atoms with E-state index in [1.807, 2.05) is 72.8 Å². The maximum absolute atomic E-state index is 12.9. The molecule has 1 aromatic heterocycles. The van der Waals surface area contributed by atoms with Crippen molar-refractivity contribution in [2.45, 2.75) is 43.2 Å². The minimum Gasteiger partial charge on any atom is -0.392 e. The van der Waals surface area contributed by atoms with Gasteiger partial charge in [0.2, 0.25) is 0 Å². The van der Waals surface area contributed by atoms with Crippen LogP contribution in [0.15, 0.2) is 109 Å². The van der Waals surface area contributed by atoms with Crippen molar-refractivity contribution in [2.75, 3.05) is 5.75 Å². The van der Waals surface area contributed by atoms with Crippen LogP contribution in [0, 0.1) is 0 Å². The number of aromatic nitrogens is 3. The number of ether oxygens (including phenoxy) is 2. The van der Waals surface area contributed by atoms with E-state index in [9.17, 15) is 14.7 Å². The summed E-state index contributed by atoms with van der Waals surface area (Å²) >= 11 is 1.55. The van der Waals surface area contributed by atoms with Crippen molar-refractivity contribution in [3.63, 3.8) is 0 Å². The molecule has 3 heterocycles. The van der Waals surface area contributed by atoms with E-state index in [2.05, 4.69) is 15.2 Å². The lowest BCUT2D eigenvalue weighted by Gasteiger charge is -2.36. The number of aliphatic hydroxyl groups is 1. The number of carbonyl (C=O) groups is 2. The highest BCUT2D eigenvalue weighted by molar-refractivity contribution is 7.99. The number of H-pyrrole nitrogens is 1. The number of carbonyl (C=O) groups excluding carboxylic acids is 2. The third-order valence-corrected chi connectivity index (χ3v) is 9.08. The van der Waals surface area contributed by atoms with Crippen LogP contribution in [0.5, 0.6) is 0 Å². The molecule has 2 aliphatic rings. The standard InChI is InChI=1S/C35H30N4O5S/c40-19-22-8-10-25(11-9-22)31-17-28(20-45-35-36-21-37-38-35)43-34(44-31)26-14-12-24(13-15-26)27-5-3-4-23(16-27)18-39-32(41)29-6-1-2-7-30(29)33(39)42/h1-16,21,28,31,34,40H,17-20H2,(H,36,37,38)/t28-,31+,34+/m0/s1. The van der Waals surface area contributed by atoms with Gasteiger partial charge in [0.15, 0.2) is 11.4 Å². The Morgan fingerprint density at radius 2 is 1.56 bits per heavy atom. The Morgan fingerprint density at radius 3 is 2.24 bits per heavy atom. The lowest BCUT2D eigenvalue weighted by molar-refractivity contribution is -0.245. The smallest absolute Gasteiger partial charge is 0.261 e. The van der Waals surface area contributed by atoms with Crippen LogP contribution in [-0.4, -0.2) is 48.9 Å². The zero-order valence-electron chi connectivity index (χ0n) is 24.2. The molecule has 0 saturated carbocycles. The summed E-state index contributed by atoms with van der Waals surface area (Å²) in [6, 6.07) is 30.7. The van der Waals surface area contributed by atoms with Gasteiger partial charge in [-0.3, -0.25) is 19.6 Å². The minimum atomic E-state index is -0.573. The van der Waals surface area contributed by atoms with Crippen molar-refractivity contribution in [1.82, 2.24) is 20.1 Å². The average Bonchev–Trinajstić information content (AvgIpc) is 3.71. The number of hydrogen-bond donors (Lipinski definition) is 2. The summed E-state index contributed by atoms with van der Waals surface area (Å²) in [5.41, 5.74) is 6.51. The molecule has 5 aromatic rings. The molecule has 2 amide bonds. The summed E-state index contributed by atoms with van der Waals surface area (Å²) < 4.78 is 12.9. The van der Waals surface area contributed by atoms with E-state index >= 15 is 0 Å². The molecule has 0 spiro atoms. The maximum Gasteiger partial charge on any atom is 0.261 e. The molecule has 3 atom stereocenters. The molecular formula is C35H30N4O5S. The van der Waals surface area contributed by atoms with E-state index in [4.69, 9.17) is 9.47 Å². The molecule has 7 rings (SSSR count). The van der Waals surface area contributed by atoms with Crippen LogP contribution in [0.1, 0.15) is 61.8 Å². The first-order chi connectivity index (χ1) is 22.1. The van der Waals surface area contributed by atoms with E-state index in [0.29, 0.717) is 23.3 Å². The first-order valence-corrected chi connectivity index (χ1v) is 15.7. The monoisotopic (exact) mass is 618 g/mol. The number of nitrogens with zero attached hydrogens (tertiary/aromatic N) is 3. The Hall–Kier alpha value is -4.61. The van der Waals surface area contributed by atoms with Crippen molar-refractivity contribution in [1.29, 1.82) is 0 Å². The average molecular weight is 619 g/mol. The quantitative estimate of drug-likeness (QED) is 0.150. The number of amides is 2. The van der Waals surface area contributed by atoms with Gasteiger partial charge in [0, 0.05) is 17.7 Å². The molecule has 2 aliphatic heterocycles. The molecule has 9 nitrogen and oxygen atoms in total. The van der Waals surface area contributed by atoms with Crippen molar-refractivity contribution in [3.05, 3.63) is 137 Å². The fourth-order valence-corrected chi connectivity index (χ4v) is 6.50. The van der Waals surface area contributed by atoms with Gasteiger partial charge in [-0.25, -0.2) is 4.98 Å². The van der Waals surface area contributed by atoms with E-state index in [-0.39, 0.29) is 37.2 Å². The van der Waals surface area contributed by atoms with Gasteiger partial charge in [0.1, 0.15) is 6.33 Å². The van der Waals surface area contributed by atoms with Crippen molar-refractivity contribution in [2.24, 2.45) is 0 Å². The minimum absolute atomic E-state index is 0.00792. The second-order valence-corrected chi connectivity index (χ2v) is 12.0. The van der Waals surface area contributed by atoms with Crippen LogP contribution in [0.25, 0.3) is 11.1 Å². The first kappa shape index (κ1) is 29.1. The third kappa shape index (κ3) is 6.18. The largest absolute Gasteiger partial charge is 0.392 e. The third-order valence-electron chi connectivity index (χ3n) is 8.08. The predicted molar refractivity (Wildman–Crippen MR) is 168 cm³/mol. The van der Waals surface area contributed by atoms with E-state index in [0.717, 1.165) is 38.5 Å². The maximum atomic E-state index is 12.9. The summed E-state index contributed by atoms with van der Waals surface area (Å²) in [4.78, 5) is 31.3. The Bertz CT molecular complexity index is 1780. The number of benzene rings is 4. The van der Waals surface area contributed by atoms with Gasteiger partial charge >= 0.3 is 0 Å².